The molecule has 1 heterocycles. The summed E-state index contributed by atoms with van der Waals surface area (Å²) in [6.07, 6.45) is 1.84. The molecule has 33 heavy (non-hydrogen) atoms. The van der Waals surface area contributed by atoms with Crippen molar-refractivity contribution in [3.63, 3.8) is 0 Å². The molecule has 1 aromatic heterocycles. The molecule has 0 unspecified atom stereocenters. The Labute approximate surface area is 192 Å². The van der Waals surface area contributed by atoms with Crippen molar-refractivity contribution in [3.8, 4) is 6.07 Å². The molecule has 0 radical (unpaired) electrons. The van der Waals surface area contributed by atoms with Gasteiger partial charge in [-0.15, -0.1) is 0 Å². The number of ether oxygens (including phenoxy) is 1. The number of nitrogens with zero attached hydrogens (tertiary/aromatic N) is 4. The van der Waals surface area contributed by atoms with Crippen LogP contribution in [0.2, 0.25) is 0 Å². The molecule has 0 N–H and O–H groups in total. The lowest BCUT2D eigenvalue weighted by Crippen LogP contribution is -2.35. The second kappa shape index (κ2) is 11.6. The standard InChI is InChI=1S/C25H26N4O4/c1-2-3-16-29-22-12-8-7-11-20(22)27-21(25(29)32)13-14-24(31)33-18-23(30)28(17-15-26)19-9-5-4-6-10-19/h4-12H,2-3,13-14,16-18H2,1H3. The number of nitriles is 1. The predicted molar refractivity (Wildman–Crippen MR) is 125 cm³/mol. The lowest BCUT2D eigenvalue weighted by molar-refractivity contribution is -0.147. The lowest BCUT2D eigenvalue weighted by Gasteiger charge is -2.19. The van der Waals surface area contributed by atoms with Gasteiger partial charge in [0.2, 0.25) is 0 Å². The van der Waals surface area contributed by atoms with Gasteiger partial charge in [-0.1, -0.05) is 43.7 Å². The number of carbonyl (C=O) groups excluding carboxylic acids is 2. The Hall–Kier alpha value is -3.99. The van der Waals surface area contributed by atoms with E-state index in [1.807, 2.05) is 30.3 Å². The van der Waals surface area contributed by atoms with Crippen LogP contribution in [0, 0.1) is 11.3 Å². The lowest BCUT2D eigenvalue weighted by atomic mass is 10.2. The summed E-state index contributed by atoms with van der Waals surface area (Å²) in [5.74, 6) is -1.11. The number of fused-ring (bicyclic) bond motifs is 1. The second-order valence-electron chi connectivity index (χ2n) is 7.49. The van der Waals surface area contributed by atoms with Crippen LogP contribution in [0.5, 0.6) is 0 Å². The molecule has 2 aromatic carbocycles. The van der Waals surface area contributed by atoms with Gasteiger partial charge in [-0.2, -0.15) is 5.26 Å². The van der Waals surface area contributed by atoms with E-state index in [0.717, 1.165) is 18.4 Å². The van der Waals surface area contributed by atoms with Crippen LogP contribution in [0.4, 0.5) is 5.69 Å². The highest BCUT2D eigenvalue weighted by Gasteiger charge is 2.18. The van der Waals surface area contributed by atoms with Crippen LogP contribution in [0.1, 0.15) is 31.9 Å². The highest BCUT2D eigenvalue weighted by molar-refractivity contribution is 5.95. The highest BCUT2D eigenvalue weighted by Crippen LogP contribution is 2.14. The molecule has 0 saturated carbocycles. The van der Waals surface area contributed by atoms with E-state index in [9.17, 15) is 14.4 Å². The van der Waals surface area contributed by atoms with Crippen LogP contribution in [0.15, 0.2) is 59.4 Å². The largest absolute Gasteiger partial charge is 0.456 e. The number of aryl methyl sites for hydroxylation is 2. The van der Waals surface area contributed by atoms with Crippen LogP contribution in [0.3, 0.4) is 0 Å². The summed E-state index contributed by atoms with van der Waals surface area (Å²) in [6.45, 7) is 2.00. The SMILES string of the molecule is CCCCn1c(=O)c(CCC(=O)OCC(=O)N(CC#N)c2ccccc2)nc2ccccc21. The minimum atomic E-state index is -0.609. The van der Waals surface area contributed by atoms with E-state index in [4.69, 9.17) is 10.00 Å². The van der Waals surface area contributed by atoms with Gasteiger partial charge in [0.25, 0.3) is 11.5 Å². The molecule has 0 aliphatic heterocycles. The van der Waals surface area contributed by atoms with Crippen molar-refractivity contribution < 1.29 is 14.3 Å². The van der Waals surface area contributed by atoms with Gasteiger partial charge in [0, 0.05) is 18.7 Å². The first kappa shape index (κ1) is 23.7. The van der Waals surface area contributed by atoms with Crippen molar-refractivity contribution in [1.82, 2.24) is 9.55 Å². The zero-order chi connectivity index (χ0) is 23.6. The predicted octanol–water partition coefficient (Wildman–Crippen LogP) is 3.23. The Bertz CT molecular complexity index is 1210. The van der Waals surface area contributed by atoms with E-state index in [2.05, 4.69) is 11.9 Å². The third kappa shape index (κ3) is 6.04. The highest BCUT2D eigenvalue weighted by atomic mass is 16.5. The summed E-state index contributed by atoms with van der Waals surface area (Å²) >= 11 is 0. The van der Waals surface area contributed by atoms with Gasteiger partial charge in [-0.3, -0.25) is 19.3 Å². The second-order valence-corrected chi connectivity index (χ2v) is 7.49. The molecule has 0 spiro atoms. The Balaban J connectivity index is 1.65. The molecule has 3 rings (SSSR count). The van der Waals surface area contributed by atoms with E-state index >= 15 is 0 Å². The average Bonchev–Trinajstić information content (AvgIpc) is 2.84. The van der Waals surface area contributed by atoms with E-state index in [1.165, 1.54) is 4.90 Å². The van der Waals surface area contributed by atoms with Crippen molar-refractivity contribution in [1.29, 1.82) is 5.26 Å². The maximum atomic E-state index is 12.9. The van der Waals surface area contributed by atoms with Crippen LogP contribution in [-0.4, -0.2) is 34.6 Å². The monoisotopic (exact) mass is 446 g/mol. The first-order chi connectivity index (χ1) is 16.0. The number of hydrogen-bond donors (Lipinski definition) is 0. The minimum Gasteiger partial charge on any atom is -0.456 e. The number of benzene rings is 2. The molecule has 1 amide bonds. The van der Waals surface area contributed by atoms with Crippen LogP contribution in [-0.2, 0) is 27.3 Å². The maximum Gasteiger partial charge on any atom is 0.306 e. The van der Waals surface area contributed by atoms with Crippen molar-refractivity contribution in [2.24, 2.45) is 0 Å². The normalized spacial score (nSPS) is 10.5. The number of rotatable bonds is 10. The van der Waals surface area contributed by atoms with Crippen LogP contribution < -0.4 is 10.5 Å². The van der Waals surface area contributed by atoms with Crippen molar-refractivity contribution >= 4 is 28.6 Å². The number of aromatic nitrogens is 2. The Kier molecular flexibility index (Phi) is 8.30. The summed E-state index contributed by atoms with van der Waals surface area (Å²) in [6, 6.07) is 18.1. The topological polar surface area (TPSA) is 105 Å². The zero-order valence-electron chi connectivity index (χ0n) is 18.6. The number of anilines is 1. The van der Waals surface area contributed by atoms with E-state index in [0.29, 0.717) is 23.4 Å². The first-order valence-electron chi connectivity index (χ1n) is 10.9. The average molecular weight is 447 g/mol. The van der Waals surface area contributed by atoms with Crippen LogP contribution in [0.25, 0.3) is 11.0 Å². The third-order valence-corrected chi connectivity index (χ3v) is 5.18. The molecule has 0 aliphatic carbocycles. The molecule has 0 aliphatic rings. The first-order valence-corrected chi connectivity index (χ1v) is 10.9. The van der Waals surface area contributed by atoms with Crippen molar-refractivity contribution in [2.45, 2.75) is 39.2 Å². The van der Waals surface area contributed by atoms with Gasteiger partial charge in [-0.25, -0.2) is 4.98 Å². The summed E-state index contributed by atoms with van der Waals surface area (Å²) in [5.41, 5.74) is 2.10. The number of unbranched alkanes of at least 4 members (excludes halogenated alkanes) is 1. The molecule has 0 saturated heterocycles. The minimum absolute atomic E-state index is 0.0781. The fourth-order valence-corrected chi connectivity index (χ4v) is 3.46. The summed E-state index contributed by atoms with van der Waals surface area (Å²) < 4.78 is 6.82. The maximum absolute atomic E-state index is 12.9. The molecule has 0 atom stereocenters. The molecule has 0 bridgehead atoms. The van der Waals surface area contributed by atoms with Gasteiger partial charge in [0.15, 0.2) is 6.61 Å². The van der Waals surface area contributed by atoms with Crippen molar-refractivity contribution in [3.05, 3.63) is 70.6 Å². The van der Waals surface area contributed by atoms with Gasteiger partial charge in [-0.05, 0) is 30.7 Å². The van der Waals surface area contributed by atoms with E-state index in [-0.39, 0.29) is 24.9 Å². The summed E-state index contributed by atoms with van der Waals surface area (Å²) in [4.78, 5) is 43.4. The molecule has 8 heteroatoms. The van der Waals surface area contributed by atoms with Gasteiger partial charge in [0.1, 0.15) is 12.2 Å². The van der Waals surface area contributed by atoms with Gasteiger partial charge >= 0.3 is 5.97 Å². The Morgan fingerprint density at radius 3 is 2.58 bits per heavy atom. The quantitative estimate of drug-likeness (QED) is 0.350. The summed E-state index contributed by atoms with van der Waals surface area (Å²) in [5, 5.41) is 9.02. The van der Waals surface area contributed by atoms with Crippen LogP contribution >= 0.6 is 0 Å². The molecular weight excluding hydrogens is 420 g/mol. The number of hydrogen-bond acceptors (Lipinski definition) is 6. The molecule has 170 valence electrons. The van der Waals surface area contributed by atoms with E-state index in [1.54, 1.807) is 34.9 Å². The fourth-order valence-electron chi connectivity index (χ4n) is 3.46. The fraction of sp³-hybridized carbons (Fsp3) is 0.320. The number of carbonyl (C=O) groups is 2. The summed E-state index contributed by atoms with van der Waals surface area (Å²) in [7, 11) is 0. The zero-order valence-corrected chi connectivity index (χ0v) is 18.6. The number of esters is 1. The smallest absolute Gasteiger partial charge is 0.306 e. The van der Waals surface area contributed by atoms with Gasteiger partial charge in [0.05, 0.1) is 23.5 Å². The number of amides is 1. The molecule has 0 fully saturated rings. The van der Waals surface area contributed by atoms with Gasteiger partial charge < -0.3 is 9.30 Å². The molecule has 3 aromatic rings. The molecule has 8 nitrogen and oxygen atoms in total. The van der Waals surface area contributed by atoms with E-state index < -0.39 is 18.5 Å². The number of para-hydroxylation sites is 3. The Morgan fingerprint density at radius 1 is 1.12 bits per heavy atom. The van der Waals surface area contributed by atoms with Crippen molar-refractivity contribution in [2.75, 3.05) is 18.1 Å². The molecular formula is C25H26N4O4. The third-order valence-electron chi connectivity index (χ3n) is 5.18. The Morgan fingerprint density at radius 2 is 1.85 bits per heavy atom.